The Kier molecular flexibility index (Phi) is 4.23. The van der Waals surface area contributed by atoms with E-state index >= 15 is 0 Å². The van der Waals surface area contributed by atoms with Crippen LogP contribution in [0.5, 0.6) is 11.5 Å². The fourth-order valence-electron chi connectivity index (χ4n) is 1.79. The molecule has 1 atom stereocenters. The molecule has 2 nitrogen and oxygen atoms in total. The third-order valence-corrected chi connectivity index (χ3v) is 3.19. The molecule has 0 fully saturated rings. The van der Waals surface area contributed by atoms with Gasteiger partial charge in [0.2, 0.25) is 0 Å². The summed E-state index contributed by atoms with van der Waals surface area (Å²) < 4.78 is 5.82. The van der Waals surface area contributed by atoms with Gasteiger partial charge in [0.1, 0.15) is 17.8 Å². The first-order chi connectivity index (χ1) is 9.10. The van der Waals surface area contributed by atoms with Crippen LogP contribution < -0.4 is 4.74 Å². The number of aryl methyl sites for hydroxylation is 1. The Morgan fingerprint density at radius 2 is 2.00 bits per heavy atom. The Hall–Kier alpha value is -1.80. The molecule has 0 aromatic heterocycles. The maximum Gasteiger partial charge on any atom is 0.130 e. The third-order valence-electron chi connectivity index (χ3n) is 2.95. The summed E-state index contributed by atoms with van der Waals surface area (Å²) in [7, 11) is 0. The summed E-state index contributed by atoms with van der Waals surface area (Å²) in [6.07, 6.45) is 0.923. The molecule has 0 bridgehead atoms. The lowest BCUT2D eigenvalue weighted by atomic mass is 10.0. The van der Waals surface area contributed by atoms with E-state index in [1.807, 2.05) is 50.2 Å². The molecule has 0 saturated heterocycles. The van der Waals surface area contributed by atoms with Gasteiger partial charge in [-0.15, -0.1) is 0 Å². The summed E-state index contributed by atoms with van der Waals surface area (Å²) in [5.74, 6) is 1.35. The summed E-state index contributed by atoms with van der Waals surface area (Å²) >= 11 is 5.91. The summed E-state index contributed by atoms with van der Waals surface area (Å²) in [5.41, 5.74) is 1.92. The first kappa shape index (κ1) is 13.6. The number of carbonyl (C=O) groups excluding carboxylic acids is 1. The van der Waals surface area contributed by atoms with Gasteiger partial charge in [-0.3, -0.25) is 0 Å². The van der Waals surface area contributed by atoms with Gasteiger partial charge in [-0.25, -0.2) is 0 Å². The molecule has 0 spiro atoms. The highest BCUT2D eigenvalue weighted by Crippen LogP contribution is 2.28. The van der Waals surface area contributed by atoms with E-state index in [9.17, 15) is 4.79 Å². The van der Waals surface area contributed by atoms with E-state index < -0.39 is 0 Å². The number of carbonyl (C=O) groups is 1. The molecule has 0 aliphatic heterocycles. The number of hydrogen-bond acceptors (Lipinski definition) is 2. The van der Waals surface area contributed by atoms with Crippen LogP contribution in [0, 0.1) is 6.92 Å². The van der Waals surface area contributed by atoms with Crippen LogP contribution in [0.3, 0.4) is 0 Å². The van der Waals surface area contributed by atoms with Crippen molar-refractivity contribution in [1.29, 1.82) is 0 Å². The molecular weight excluding hydrogens is 260 g/mol. The lowest BCUT2D eigenvalue weighted by Gasteiger charge is -2.11. The molecule has 0 amide bonds. The van der Waals surface area contributed by atoms with E-state index in [2.05, 4.69) is 0 Å². The Balaban J connectivity index is 2.25. The minimum Gasteiger partial charge on any atom is -0.457 e. The lowest BCUT2D eigenvalue weighted by molar-refractivity contribution is -0.108. The summed E-state index contributed by atoms with van der Waals surface area (Å²) in [5, 5.41) is 0.688. The van der Waals surface area contributed by atoms with Gasteiger partial charge < -0.3 is 9.53 Å². The Labute approximate surface area is 118 Å². The Morgan fingerprint density at radius 3 is 2.68 bits per heavy atom. The molecule has 19 heavy (non-hydrogen) atoms. The molecule has 0 aliphatic carbocycles. The maximum absolute atomic E-state index is 10.8. The van der Waals surface area contributed by atoms with Gasteiger partial charge in [0.25, 0.3) is 0 Å². The Morgan fingerprint density at radius 1 is 1.21 bits per heavy atom. The second kappa shape index (κ2) is 5.89. The SMILES string of the molecule is Cc1cc(Cl)ccc1Oc1cccc(C(C)C=O)c1. The number of aldehydes is 1. The number of ether oxygens (including phenoxy) is 1. The van der Waals surface area contributed by atoms with Gasteiger partial charge in [0, 0.05) is 10.9 Å². The lowest BCUT2D eigenvalue weighted by Crippen LogP contribution is -1.95. The zero-order valence-corrected chi connectivity index (χ0v) is 11.6. The normalized spacial score (nSPS) is 11.9. The second-order valence-corrected chi connectivity index (χ2v) is 4.95. The highest BCUT2D eigenvalue weighted by atomic mass is 35.5. The highest BCUT2D eigenvalue weighted by Gasteiger charge is 2.06. The van der Waals surface area contributed by atoms with E-state index in [0.717, 1.165) is 28.9 Å². The van der Waals surface area contributed by atoms with Gasteiger partial charge >= 0.3 is 0 Å². The van der Waals surface area contributed by atoms with Gasteiger partial charge in [-0.05, 0) is 48.4 Å². The second-order valence-electron chi connectivity index (χ2n) is 4.51. The van der Waals surface area contributed by atoms with Crippen LogP contribution in [0.1, 0.15) is 24.0 Å². The van der Waals surface area contributed by atoms with Crippen molar-refractivity contribution >= 4 is 17.9 Å². The van der Waals surface area contributed by atoms with E-state index in [-0.39, 0.29) is 5.92 Å². The van der Waals surface area contributed by atoms with Crippen molar-refractivity contribution in [2.45, 2.75) is 19.8 Å². The van der Waals surface area contributed by atoms with Gasteiger partial charge in [0.05, 0.1) is 0 Å². The largest absolute Gasteiger partial charge is 0.457 e. The van der Waals surface area contributed by atoms with Crippen molar-refractivity contribution in [3.05, 3.63) is 58.6 Å². The first-order valence-electron chi connectivity index (χ1n) is 6.09. The molecule has 98 valence electrons. The zero-order valence-electron chi connectivity index (χ0n) is 10.9. The van der Waals surface area contributed by atoms with Crippen LogP contribution in [0.25, 0.3) is 0 Å². The van der Waals surface area contributed by atoms with Crippen LogP contribution in [0.4, 0.5) is 0 Å². The zero-order chi connectivity index (χ0) is 13.8. The fourth-order valence-corrected chi connectivity index (χ4v) is 2.02. The van der Waals surface area contributed by atoms with Crippen LogP contribution in [0.2, 0.25) is 5.02 Å². The number of benzene rings is 2. The minimum atomic E-state index is -0.130. The molecule has 2 aromatic rings. The molecule has 2 aromatic carbocycles. The Bertz CT molecular complexity index is 593. The van der Waals surface area contributed by atoms with Gasteiger partial charge in [-0.1, -0.05) is 30.7 Å². The quantitative estimate of drug-likeness (QED) is 0.753. The van der Waals surface area contributed by atoms with Crippen molar-refractivity contribution in [2.75, 3.05) is 0 Å². The van der Waals surface area contributed by atoms with Gasteiger partial charge in [0.15, 0.2) is 0 Å². The van der Waals surface area contributed by atoms with E-state index in [4.69, 9.17) is 16.3 Å². The first-order valence-corrected chi connectivity index (χ1v) is 6.47. The molecule has 0 N–H and O–H groups in total. The summed E-state index contributed by atoms with van der Waals surface area (Å²) in [4.78, 5) is 10.8. The molecule has 0 radical (unpaired) electrons. The smallest absolute Gasteiger partial charge is 0.130 e. The molecule has 0 aliphatic rings. The van der Waals surface area contributed by atoms with Crippen LogP contribution >= 0.6 is 11.6 Å². The monoisotopic (exact) mass is 274 g/mol. The summed E-state index contributed by atoms with van der Waals surface area (Å²) in [6.45, 7) is 3.80. The van der Waals surface area contributed by atoms with Crippen molar-refractivity contribution in [3.63, 3.8) is 0 Å². The van der Waals surface area contributed by atoms with E-state index in [1.54, 1.807) is 6.07 Å². The van der Waals surface area contributed by atoms with E-state index in [1.165, 1.54) is 0 Å². The predicted molar refractivity (Wildman–Crippen MR) is 77.2 cm³/mol. The molecule has 0 saturated carbocycles. The topological polar surface area (TPSA) is 26.3 Å². The molecule has 0 heterocycles. The average Bonchev–Trinajstić information content (AvgIpc) is 2.41. The van der Waals surface area contributed by atoms with Crippen molar-refractivity contribution in [2.24, 2.45) is 0 Å². The molecule has 2 rings (SSSR count). The maximum atomic E-state index is 10.8. The molecular formula is C16H15ClO2. The summed E-state index contributed by atoms with van der Waals surface area (Å²) in [6, 6.07) is 13.0. The highest BCUT2D eigenvalue weighted by molar-refractivity contribution is 6.30. The van der Waals surface area contributed by atoms with Crippen molar-refractivity contribution in [3.8, 4) is 11.5 Å². The van der Waals surface area contributed by atoms with Crippen molar-refractivity contribution in [1.82, 2.24) is 0 Å². The van der Waals surface area contributed by atoms with Crippen molar-refractivity contribution < 1.29 is 9.53 Å². The van der Waals surface area contributed by atoms with Crippen LogP contribution in [0.15, 0.2) is 42.5 Å². The van der Waals surface area contributed by atoms with Gasteiger partial charge in [-0.2, -0.15) is 0 Å². The predicted octanol–water partition coefficient (Wildman–Crippen LogP) is 4.74. The number of hydrogen-bond donors (Lipinski definition) is 0. The number of halogens is 1. The fraction of sp³-hybridized carbons (Fsp3) is 0.188. The number of rotatable bonds is 4. The molecule has 3 heteroatoms. The standard InChI is InChI=1S/C16H15ClO2/c1-11-8-14(17)6-7-16(11)19-15-5-3-4-13(9-15)12(2)10-18/h3-10,12H,1-2H3. The minimum absolute atomic E-state index is 0.130. The third kappa shape index (κ3) is 3.36. The molecule has 1 unspecified atom stereocenters. The van der Waals surface area contributed by atoms with Crippen LogP contribution in [-0.2, 0) is 4.79 Å². The average molecular weight is 275 g/mol. The van der Waals surface area contributed by atoms with E-state index in [0.29, 0.717) is 5.02 Å². The van der Waals surface area contributed by atoms with Crippen LogP contribution in [-0.4, -0.2) is 6.29 Å².